The predicted molar refractivity (Wildman–Crippen MR) is 79.1 cm³/mol. The Balaban J connectivity index is 0.00000180. The topological polar surface area (TPSA) is 35.6 Å². The third kappa shape index (κ3) is 4.69. The number of hydrogen-bond donors (Lipinski definition) is 1. The number of likely N-dealkylation sites (N-methyl/N-ethyl adjacent to an activating group) is 1. The number of rotatable bonds is 2. The van der Waals surface area contributed by atoms with Crippen LogP contribution in [0.4, 0.5) is 8.78 Å². The van der Waals surface area contributed by atoms with Gasteiger partial charge in [0.1, 0.15) is 0 Å². The fourth-order valence-corrected chi connectivity index (χ4v) is 2.69. The lowest BCUT2D eigenvalue weighted by Crippen LogP contribution is -2.52. The second kappa shape index (κ2) is 7.73. The Morgan fingerprint density at radius 1 is 1.35 bits per heavy atom. The van der Waals surface area contributed by atoms with Crippen molar-refractivity contribution in [2.45, 2.75) is 37.3 Å². The van der Waals surface area contributed by atoms with Crippen LogP contribution in [0.1, 0.15) is 19.3 Å². The van der Waals surface area contributed by atoms with Crippen LogP contribution in [0, 0.1) is 0 Å². The van der Waals surface area contributed by atoms with E-state index in [1.807, 2.05) is 14.1 Å². The van der Waals surface area contributed by atoms with Crippen molar-refractivity contribution in [2.75, 3.05) is 33.7 Å². The first-order valence-corrected chi connectivity index (χ1v) is 6.45. The van der Waals surface area contributed by atoms with Gasteiger partial charge in [-0.25, -0.2) is 8.78 Å². The van der Waals surface area contributed by atoms with Crippen LogP contribution >= 0.6 is 24.8 Å². The molecular weight excluding hydrogens is 311 g/mol. The summed E-state index contributed by atoms with van der Waals surface area (Å²) in [6.45, 7) is 0.955. The monoisotopic (exact) mass is 333 g/mol. The van der Waals surface area contributed by atoms with Crippen molar-refractivity contribution in [1.29, 1.82) is 0 Å². The zero-order valence-electron chi connectivity index (χ0n) is 11.8. The molecule has 2 fully saturated rings. The second-order valence-electron chi connectivity index (χ2n) is 5.54. The van der Waals surface area contributed by atoms with Gasteiger partial charge in [0.15, 0.2) is 0 Å². The largest absolute Gasteiger partial charge is 0.340 e. The molecule has 0 radical (unpaired) electrons. The third-order valence-electron chi connectivity index (χ3n) is 3.85. The quantitative estimate of drug-likeness (QED) is 0.829. The second-order valence-corrected chi connectivity index (χ2v) is 5.54. The molecule has 2 heterocycles. The Kier molecular flexibility index (Phi) is 7.66. The first-order valence-electron chi connectivity index (χ1n) is 6.45. The highest BCUT2D eigenvalue weighted by Crippen LogP contribution is 2.26. The summed E-state index contributed by atoms with van der Waals surface area (Å²) < 4.78 is 26.2. The van der Waals surface area contributed by atoms with Crippen molar-refractivity contribution in [2.24, 2.45) is 0 Å². The zero-order valence-corrected chi connectivity index (χ0v) is 13.4. The van der Waals surface area contributed by atoms with Crippen LogP contribution in [0.25, 0.3) is 0 Å². The molecule has 0 aromatic carbocycles. The van der Waals surface area contributed by atoms with E-state index in [2.05, 4.69) is 10.2 Å². The molecule has 2 saturated heterocycles. The summed E-state index contributed by atoms with van der Waals surface area (Å²) in [7, 11) is 3.97. The lowest BCUT2D eigenvalue weighted by molar-refractivity contribution is -0.135. The van der Waals surface area contributed by atoms with E-state index in [1.54, 1.807) is 4.90 Å². The van der Waals surface area contributed by atoms with Gasteiger partial charge in [-0.15, -0.1) is 24.8 Å². The van der Waals surface area contributed by atoms with Crippen LogP contribution in [-0.4, -0.2) is 67.4 Å². The first-order chi connectivity index (χ1) is 8.39. The fourth-order valence-electron chi connectivity index (χ4n) is 2.69. The van der Waals surface area contributed by atoms with E-state index < -0.39 is 12.0 Å². The molecule has 0 aromatic rings. The predicted octanol–water partition coefficient (Wildman–Crippen LogP) is 1.38. The lowest BCUT2D eigenvalue weighted by Gasteiger charge is -2.37. The van der Waals surface area contributed by atoms with Crippen LogP contribution in [0.15, 0.2) is 0 Å². The minimum absolute atomic E-state index is 0. The first kappa shape index (κ1) is 19.8. The third-order valence-corrected chi connectivity index (χ3v) is 3.85. The van der Waals surface area contributed by atoms with Gasteiger partial charge in [-0.1, -0.05) is 0 Å². The van der Waals surface area contributed by atoms with Gasteiger partial charge in [0.2, 0.25) is 5.91 Å². The van der Waals surface area contributed by atoms with E-state index in [9.17, 15) is 13.6 Å². The lowest BCUT2D eigenvalue weighted by atomic mass is 10.0. The molecule has 2 unspecified atom stereocenters. The maximum atomic E-state index is 13.1. The molecular formula is C12H23Cl2F2N3O. The summed E-state index contributed by atoms with van der Waals surface area (Å²) in [5.74, 6) is -2.91. The summed E-state index contributed by atoms with van der Waals surface area (Å²) in [5, 5.41) is 2.63. The van der Waals surface area contributed by atoms with Crippen molar-refractivity contribution in [1.82, 2.24) is 15.1 Å². The van der Waals surface area contributed by atoms with Crippen molar-refractivity contribution in [3.63, 3.8) is 0 Å². The molecule has 120 valence electrons. The smallest absolute Gasteiger partial charge is 0.262 e. The highest BCUT2D eigenvalue weighted by Gasteiger charge is 2.44. The minimum Gasteiger partial charge on any atom is -0.340 e. The normalized spacial score (nSPS) is 28.8. The van der Waals surface area contributed by atoms with Gasteiger partial charge in [-0.3, -0.25) is 10.1 Å². The average molecular weight is 334 g/mol. The number of likely N-dealkylation sites (tertiary alicyclic amines) is 1. The molecule has 2 atom stereocenters. The molecule has 2 aliphatic heterocycles. The van der Waals surface area contributed by atoms with E-state index in [1.165, 1.54) is 0 Å². The number of carbonyl (C=O) groups excluding carboxylic acids is 1. The molecule has 2 aliphatic rings. The number of nitrogens with zero attached hydrogens (tertiary/aromatic N) is 2. The number of halogens is 4. The standard InChI is InChI=1S/C12H21F2N3O.2ClH/c1-16(2)9-4-3-5-17(7-9)11(18)10-6-12(13,14)8-15-10;;/h9-10,15H,3-8H2,1-2H3;2*1H. The van der Waals surface area contributed by atoms with Crippen molar-refractivity contribution in [3.8, 4) is 0 Å². The van der Waals surface area contributed by atoms with Crippen LogP contribution in [0.3, 0.4) is 0 Å². The SMILES string of the molecule is CN(C)C1CCCN(C(=O)C2CC(F)(F)CN2)C1.Cl.Cl. The van der Waals surface area contributed by atoms with E-state index in [4.69, 9.17) is 0 Å². The maximum absolute atomic E-state index is 13.1. The number of piperidine rings is 1. The van der Waals surface area contributed by atoms with E-state index in [0.29, 0.717) is 19.1 Å². The minimum atomic E-state index is -2.74. The van der Waals surface area contributed by atoms with E-state index >= 15 is 0 Å². The number of nitrogens with one attached hydrogen (secondary N) is 1. The summed E-state index contributed by atoms with van der Waals surface area (Å²) in [4.78, 5) is 16.0. The molecule has 8 heteroatoms. The molecule has 0 aromatic heterocycles. The number of hydrogen-bond acceptors (Lipinski definition) is 3. The summed E-state index contributed by atoms with van der Waals surface area (Å²) in [5.41, 5.74) is 0. The molecule has 2 rings (SSSR count). The van der Waals surface area contributed by atoms with Crippen LogP contribution in [0.2, 0.25) is 0 Å². The fraction of sp³-hybridized carbons (Fsp3) is 0.917. The Bertz CT molecular complexity index is 332. The molecule has 1 N–H and O–H groups in total. The van der Waals surface area contributed by atoms with Crippen LogP contribution in [-0.2, 0) is 4.79 Å². The number of carbonyl (C=O) groups is 1. The van der Waals surface area contributed by atoms with E-state index in [-0.39, 0.29) is 43.7 Å². The van der Waals surface area contributed by atoms with Gasteiger partial charge in [0.05, 0.1) is 12.6 Å². The van der Waals surface area contributed by atoms with Gasteiger partial charge in [0.25, 0.3) is 5.92 Å². The average Bonchev–Trinajstić information content (AvgIpc) is 2.69. The van der Waals surface area contributed by atoms with Crippen LogP contribution in [0.5, 0.6) is 0 Å². The van der Waals surface area contributed by atoms with Crippen LogP contribution < -0.4 is 5.32 Å². The molecule has 0 saturated carbocycles. The molecule has 0 aliphatic carbocycles. The Hall–Kier alpha value is -0.170. The Morgan fingerprint density at radius 3 is 2.50 bits per heavy atom. The van der Waals surface area contributed by atoms with Crippen molar-refractivity contribution < 1.29 is 13.6 Å². The summed E-state index contributed by atoms with van der Waals surface area (Å²) >= 11 is 0. The van der Waals surface area contributed by atoms with Gasteiger partial charge in [-0.2, -0.15) is 0 Å². The maximum Gasteiger partial charge on any atom is 0.262 e. The molecule has 0 spiro atoms. The van der Waals surface area contributed by atoms with Gasteiger partial charge < -0.3 is 9.80 Å². The molecule has 4 nitrogen and oxygen atoms in total. The van der Waals surface area contributed by atoms with Crippen molar-refractivity contribution in [3.05, 3.63) is 0 Å². The molecule has 0 bridgehead atoms. The molecule has 1 amide bonds. The summed E-state index contributed by atoms with van der Waals surface area (Å²) in [6, 6.07) is -0.370. The van der Waals surface area contributed by atoms with Gasteiger partial charge in [0, 0.05) is 25.6 Å². The number of alkyl halides is 2. The zero-order chi connectivity index (χ0) is 13.3. The number of amides is 1. The van der Waals surface area contributed by atoms with Gasteiger partial charge >= 0.3 is 0 Å². The van der Waals surface area contributed by atoms with E-state index in [0.717, 1.165) is 12.8 Å². The highest BCUT2D eigenvalue weighted by atomic mass is 35.5. The Labute approximate surface area is 131 Å². The van der Waals surface area contributed by atoms with Gasteiger partial charge in [-0.05, 0) is 26.9 Å². The Morgan fingerprint density at radius 2 is 2.00 bits per heavy atom. The highest BCUT2D eigenvalue weighted by molar-refractivity contribution is 5.85. The molecule has 20 heavy (non-hydrogen) atoms. The van der Waals surface area contributed by atoms with Crippen molar-refractivity contribution >= 4 is 30.7 Å². The summed E-state index contributed by atoms with van der Waals surface area (Å²) in [6.07, 6.45) is 1.64.